The number of carbonyl (C=O) groups is 4. The fraction of sp³-hybridized carbons (Fsp3) is 0.600. The summed E-state index contributed by atoms with van der Waals surface area (Å²) in [5.41, 5.74) is 0.337. The minimum Gasteiger partial charge on any atom is -0.484 e. The molecule has 2 rings (SSSR count). The van der Waals surface area contributed by atoms with E-state index in [2.05, 4.69) is 16.0 Å². The average molecular weight is 476 g/mol. The first kappa shape index (κ1) is 27.1. The van der Waals surface area contributed by atoms with Crippen LogP contribution >= 0.6 is 0 Å². The van der Waals surface area contributed by atoms with Crippen molar-refractivity contribution in [1.29, 1.82) is 0 Å². The lowest BCUT2D eigenvalue weighted by Gasteiger charge is -2.21. The SMILES string of the molecule is CC(C)(C)OC(=O)NCCCCCCCNC(=O)COc1ccc(C2CCC(=O)NC2=O)cc1. The first-order valence-corrected chi connectivity index (χ1v) is 11.9. The maximum atomic E-state index is 12.0. The number of benzene rings is 1. The summed E-state index contributed by atoms with van der Waals surface area (Å²) in [5, 5.41) is 7.94. The zero-order valence-electron chi connectivity index (χ0n) is 20.4. The minimum atomic E-state index is -0.484. The van der Waals surface area contributed by atoms with Crippen LogP contribution in [0.1, 0.15) is 77.2 Å². The molecule has 188 valence electrons. The largest absolute Gasteiger partial charge is 0.484 e. The minimum absolute atomic E-state index is 0.0753. The topological polar surface area (TPSA) is 123 Å². The van der Waals surface area contributed by atoms with E-state index in [4.69, 9.17) is 9.47 Å². The molecule has 0 bridgehead atoms. The van der Waals surface area contributed by atoms with Crippen molar-refractivity contribution in [2.75, 3.05) is 19.7 Å². The highest BCUT2D eigenvalue weighted by atomic mass is 16.6. The molecule has 1 aromatic rings. The number of hydrogen-bond acceptors (Lipinski definition) is 6. The molecule has 1 aliphatic heterocycles. The van der Waals surface area contributed by atoms with Crippen LogP contribution in [-0.2, 0) is 19.1 Å². The third-order valence-electron chi connectivity index (χ3n) is 5.24. The molecule has 1 saturated heterocycles. The Morgan fingerprint density at radius 1 is 0.971 bits per heavy atom. The summed E-state index contributed by atoms with van der Waals surface area (Å²) < 4.78 is 10.7. The predicted molar refractivity (Wildman–Crippen MR) is 127 cm³/mol. The summed E-state index contributed by atoms with van der Waals surface area (Å²) in [6.45, 7) is 6.61. The average Bonchev–Trinajstić information content (AvgIpc) is 2.76. The zero-order valence-corrected chi connectivity index (χ0v) is 20.4. The van der Waals surface area contributed by atoms with Gasteiger partial charge in [0.25, 0.3) is 5.91 Å². The number of nitrogens with one attached hydrogen (secondary N) is 3. The Labute approximate surface area is 201 Å². The number of ether oxygens (including phenoxy) is 2. The maximum absolute atomic E-state index is 12.0. The van der Waals surface area contributed by atoms with E-state index in [9.17, 15) is 19.2 Å². The first-order chi connectivity index (χ1) is 16.1. The smallest absolute Gasteiger partial charge is 0.407 e. The molecular weight excluding hydrogens is 438 g/mol. The van der Waals surface area contributed by atoms with Gasteiger partial charge < -0.3 is 20.1 Å². The highest BCUT2D eigenvalue weighted by Crippen LogP contribution is 2.26. The first-order valence-electron chi connectivity index (χ1n) is 11.9. The molecule has 3 N–H and O–H groups in total. The number of hydrogen-bond donors (Lipinski definition) is 3. The Morgan fingerprint density at radius 2 is 1.59 bits per heavy atom. The van der Waals surface area contributed by atoms with Crippen LogP contribution in [0.25, 0.3) is 0 Å². The monoisotopic (exact) mass is 475 g/mol. The fourth-order valence-corrected chi connectivity index (χ4v) is 3.52. The van der Waals surface area contributed by atoms with E-state index in [0.29, 0.717) is 31.7 Å². The molecule has 1 unspecified atom stereocenters. The summed E-state index contributed by atoms with van der Waals surface area (Å²) in [7, 11) is 0. The Hall–Kier alpha value is -3.10. The third kappa shape index (κ3) is 10.7. The molecule has 0 spiro atoms. The Kier molecular flexibility index (Phi) is 10.8. The van der Waals surface area contributed by atoms with Gasteiger partial charge in [-0.15, -0.1) is 0 Å². The van der Waals surface area contributed by atoms with E-state index in [1.54, 1.807) is 24.3 Å². The van der Waals surface area contributed by atoms with Gasteiger partial charge in [0.05, 0.1) is 5.92 Å². The highest BCUT2D eigenvalue weighted by molar-refractivity contribution is 6.00. The van der Waals surface area contributed by atoms with E-state index in [-0.39, 0.29) is 36.3 Å². The van der Waals surface area contributed by atoms with Crippen LogP contribution in [0.3, 0.4) is 0 Å². The molecule has 0 aliphatic carbocycles. The fourth-order valence-electron chi connectivity index (χ4n) is 3.52. The van der Waals surface area contributed by atoms with Gasteiger partial charge in [-0.1, -0.05) is 31.4 Å². The van der Waals surface area contributed by atoms with Crippen LogP contribution in [0.2, 0.25) is 0 Å². The van der Waals surface area contributed by atoms with E-state index in [1.807, 2.05) is 20.8 Å². The van der Waals surface area contributed by atoms with Crippen LogP contribution in [0.4, 0.5) is 4.79 Å². The molecule has 0 radical (unpaired) electrons. The predicted octanol–water partition coefficient (Wildman–Crippen LogP) is 3.18. The molecule has 1 atom stereocenters. The number of amides is 4. The van der Waals surface area contributed by atoms with Gasteiger partial charge in [0.2, 0.25) is 11.8 Å². The molecule has 0 saturated carbocycles. The Bertz CT molecular complexity index is 832. The van der Waals surface area contributed by atoms with Crippen molar-refractivity contribution >= 4 is 23.8 Å². The van der Waals surface area contributed by atoms with Crippen molar-refractivity contribution in [2.24, 2.45) is 0 Å². The Morgan fingerprint density at radius 3 is 2.21 bits per heavy atom. The van der Waals surface area contributed by atoms with Gasteiger partial charge in [-0.05, 0) is 57.7 Å². The summed E-state index contributed by atoms with van der Waals surface area (Å²) in [6, 6.07) is 7.03. The number of rotatable bonds is 12. The summed E-state index contributed by atoms with van der Waals surface area (Å²) in [4.78, 5) is 46.7. The van der Waals surface area contributed by atoms with Gasteiger partial charge in [0.1, 0.15) is 11.4 Å². The number of carbonyl (C=O) groups excluding carboxylic acids is 4. The van der Waals surface area contributed by atoms with Gasteiger partial charge in [-0.3, -0.25) is 19.7 Å². The number of alkyl carbamates (subject to hydrolysis) is 1. The summed E-state index contributed by atoms with van der Waals surface area (Å²) in [5.74, 6) is -0.486. The quantitative estimate of drug-likeness (QED) is 0.315. The summed E-state index contributed by atoms with van der Waals surface area (Å²) >= 11 is 0. The lowest BCUT2D eigenvalue weighted by atomic mass is 9.90. The molecule has 9 nitrogen and oxygen atoms in total. The van der Waals surface area contributed by atoms with Gasteiger partial charge in [0, 0.05) is 19.5 Å². The third-order valence-corrected chi connectivity index (χ3v) is 5.24. The van der Waals surface area contributed by atoms with Crippen LogP contribution in [0.5, 0.6) is 5.75 Å². The number of unbranched alkanes of at least 4 members (excludes halogenated alkanes) is 4. The van der Waals surface area contributed by atoms with E-state index in [1.165, 1.54) is 0 Å². The van der Waals surface area contributed by atoms with Crippen molar-refractivity contribution in [3.63, 3.8) is 0 Å². The second kappa shape index (κ2) is 13.6. The standard InChI is InChI=1S/C25H37N3O6/c1-25(2,3)34-24(32)27-16-8-6-4-5-7-15-26-22(30)17-33-19-11-9-18(10-12-19)20-13-14-21(29)28-23(20)31/h9-12,20H,4-8,13-17H2,1-3H3,(H,26,30)(H,27,32)(H,28,29,31). The molecule has 1 aliphatic rings. The van der Waals surface area contributed by atoms with Crippen molar-refractivity contribution in [2.45, 2.75) is 77.2 Å². The molecule has 1 aromatic carbocycles. The van der Waals surface area contributed by atoms with Crippen molar-refractivity contribution in [3.8, 4) is 5.75 Å². The van der Waals surface area contributed by atoms with E-state index >= 15 is 0 Å². The second-order valence-corrected chi connectivity index (χ2v) is 9.41. The second-order valence-electron chi connectivity index (χ2n) is 9.41. The van der Waals surface area contributed by atoms with Crippen molar-refractivity contribution in [1.82, 2.24) is 16.0 Å². The van der Waals surface area contributed by atoms with Crippen LogP contribution in [0.15, 0.2) is 24.3 Å². The van der Waals surface area contributed by atoms with Gasteiger partial charge in [0.15, 0.2) is 6.61 Å². The number of imide groups is 1. The van der Waals surface area contributed by atoms with Gasteiger partial charge in [-0.25, -0.2) is 4.79 Å². The van der Waals surface area contributed by atoms with E-state index in [0.717, 1.165) is 37.7 Å². The van der Waals surface area contributed by atoms with Gasteiger partial charge >= 0.3 is 6.09 Å². The lowest BCUT2D eigenvalue weighted by Crippen LogP contribution is -2.39. The normalized spacial score (nSPS) is 15.9. The zero-order chi connectivity index (χ0) is 25.0. The molecule has 1 fully saturated rings. The van der Waals surface area contributed by atoms with Crippen molar-refractivity contribution in [3.05, 3.63) is 29.8 Å². The highest BCUT2D eigenvalue weighted by Gasteiger charge is 2.27. The molecule has 0 aromatic heterocycles. The number of piperidine rings is 1. The Balaban J connectivity index is 1.50. The van der Waals surface area contributed by atoms with E-state index < -0.39 is 5.60 Å². The summed E-state index contributed by atoms with van der Waals surface area (Å²) in [6.07, 6.45) is 5.24. The molecule has 34 heavy (non-hydrogen) atoms. The lowest BCUT2D eigenvalue weighted by molar-refractivity contribution is -0.134. The van der Waals surface area contributed by atoms with Crippen molar-refractivity contribution < 1.29 is 28.7 Å². The molecule has 1 heterocycles. The molecular formula is C25H37N3O6. The van der Waals surface area contributed by atoms with Gasteiger partial charge in [-0.2, -0.15) is 0 Å². The molecule has 4 amide bonds. The maximum Gasteiger partial charge on any atom is 0.407 e. The van der Waals surface area contributed by atoms with Crippen LogP contribution in [0, 0.1) is 0 Å². The van der Waals surface area contributed by atoms with Crippen LogP contribution in [-0.4, -0.2) is 49.1 Å². The molecule has 9 heteroatoms. The van der Waals surface area contributed by atoms with Crippen LogP contribution < -0.4 is 20.7 Å².